The number of hydrogen-bond acceptors (Lipinski definition) is 8. The number of ether oxygens (including phenoxy) is 3. The zero-order valence-corrected chi connectivity index (χ0v) is 25.0. The Morgan fingerprint density at radius 1 is 0.872 bits per heavy atom. The molecule has 1 saturated carbocycles. The summed E-state index contributed by atoms with van der Waals surface area (Å²) in [6.07, 6.45) is 2.27. The summed E-state index contributed by atoms with van der Waals surface area (Å²) in [5.41, 5.74) is 0.130. The van der Waals surface area contributed by atoms with Gasteiger partial charge in [-0.15, -0.1) is 0 Å². The van der Waals surface area contributed by atoms with E-state index in [1.54, 1.807) is 25.1 Å². The van der Waals surface area contributed by atoms with Gasteiger partial charge in [0, 0.05) is 47.1 Å². The summed E-state index contributed by atoms with van der Waals surface area (Å²) in [6, 6.07) is 17.9. The summed E-state index contributed by atoms with van der Waals surface area (Å²) in [5, 5.41) is 16.9. The number of nitrogens with one attached hydrogen (secondary N) is 2. The van der Waals surface area contributed by atoms with E-state index in [-0.39, 0.29) is 34.2 Å². The van der Waals surface area contributed by atoms with Crippen molar-refractivity contribution in [3.05, 3.63) is 118 Å². The number of aryl methyl sites for hydroxylation is 1. The fourth-order valence-electron chi connectivity index (χ4n) is 4.89. The first-order valence-corrected chi connectivity index (χ1v) is 14.3. The monoisotopic (exact) mass is 640 g/mol. The minimum atomic E-state index is -1.15. The van der Waals surface area contributed by atoms with E-state index in [1.807, 2.05) is 0 Å². The number of nitro benzene ring substituents is 1. The summed E-state index contributed by atoms with van der Waals surface area (Å²) in [6.45, 7) is 1.68. The van der Waals surface area contributed by atoms with Crippen LogP contribution in [0.2, 0.25) is 0 Å². The van der Waals surface area contributed by atoms with E-state index in [0.717, 1.165) is 18.2 Å². The van der Waals surface area contributed by atoms with Gasteiger partial charge in [-0.2, -0.15) is 0 Å². The number of benzene rings is 4. The van der Waals surface area contributed by atoms with Crippen LogP contribution in [0.15, 0.2) is 85.1 Å². The van der Waals surface area contributed by atoms with Crippen molar-refractivity contribution >= 4 is 34.1 Å². The Kier molecular flexibility index (Phi) is 8.12. The van der Waals surface area contributed by atoms with Gasteiger partial charge >= 0.3 is 0 Å². The van der Waals surface area contributed by atoms with Gasteiger partial charge in [-0.05, 0) is 79.9 Å². The number of pyridine rings is 1. The number of aromatic nitrogens is 1. The molecule has 0 saturated heterocycles. The second kappa shape index (κ2) is 12.4. The molecule has 1 aliphatic carbocycles. The normalized spacial score (nSPS) is 13.0. The molecule has 1 aliphatic rings. The summed E-state index contributed by atoms with van der Waals surface area (Å²) < 4.78 is 46.0. The van der Waals surface area contributed by atoms with Crippen LogP contribution in [-0.2, 0) is 4.79 Å². The number of nitrogens with zero attached hydrogens (tertiary/aromatic N) is 2. The van der Waals surface area contributed by atoms with Crippen LogP contribution < -0.4 is 24.8 Å². The summed E-state index contributed by atoms with van der Waals surface area (Å²) in [7, 11) is 1.46. The molecular weight excluding hydrogens is 614 g/mol. The fraction of sp³-hybridized carbons (Fsp3) is 0.147. The van der Waals surface area contributed by atoms with Crippen molar-refractivity contribution < 1.29 is 37.5 Å². The van der Waals surface area contributed by atoms with E-state index < -0.39 is 33.9 Å². The molecule has 1 aromatic heterocycles. The van der Waals surface area contributed by atoms with Crippen molar-refractivity contribution in [2.75, 3.05) is 12.4 Å². The zero-order valence-electron chi connectivity index (χ0n) is 25.0. The minimum absolute atomic E-state index is 0.0755. The Morgan fingerprint density at radius 3 is 2.26 bits per heavy atom. The number of rotatable bonds is 10. The minimum Gasteiger partial charge on any atom is -0.493 e. The fourth-order valence-corrected chi connectivity index (χ4v) is 4.89. The van der Waals surface area contributed by atoms with Crippen molar-refractivity contribution in [2.24, 2.45) is 0 Å². The molecule has 2 amide bonds. The Balaban J connectivity index is 1.19. The van der Waals surface area contributed by atoms with E-state index in [4.69, 9.17) is 14.2 Å². The molecule has 11 nitrogen and oxygen atoms in total. The van der Waals surface area contributed by atoms with Crippen molar-refractivity contribution in [1.29, 1.82) is 0 Å². The maximum Gasteiger partial charge on any atom is 0.269 e. The highest BCUT2D eigenvalue weighted by molar-refractivity contribution is 6.05. The van der Waals surface area contributed by atoms with Crippen LogP contribution in [0.4, 0.5) is 20.2 Å². The first-order valence-electron chi connectivity index (χ1n) is 14.3. The first-order chi connectivity index (χ1) is 22.5. The summed E-state index contributed by atoms with van der Waals surface area (Å²) in [5.74, 6) is -1.18. The Bertz CT molecular complexity index is 2050. The van der Waals surface area contributed by atoms with E-state index in [2.05, 4.69) is 15.6 Å². The van der Waals surface area contributed by atoms with E-state index in [0.29, 0.717) is 40.8 Å². The highest BCUT2D eigenvalue weighted by atomic mass is 19.1. The number of non-ortho nitro benzene ring substituents is 1. The van der Waals surface area contributed by atoms with Crippen molar-refractivity contribution in [2.45, 2.75) is 25.3 Å². The zero-order chi connectivity index (χ0) is 33.3. The van der Waals surface area contributed by atoms with Gasteiger partial charge in [0.15, 0.2) is 23.1 Å². The third-order valence-corrected chi connectivity index (χ3v) is 7.63. The van der Waals surface area contributed by atoms with Gasteiger partial charge < -0.3 is 24.8 Å². The number of carbonyl (C=O) groups excluding carboxylic acids is 2. The first kappa shape index (κ1) is 30.9. The molecule has 0 spiro atoms. The van der Waals surface area contributed by atoms with Gasteiger partial charge in [0.25, 0.3) is 11.6 Å². The highest BCUT2D eigenvalue weighted by Crippen LogP contribution is 2.41. The van der Waals surface area contributed by atoms with Gasteiger partial charge in [-0.1, -0.05) is 0 Å². The predicted molar refractivity (Wildman–Crippen MR) is 167 cm³/mol. The number of methoxy groups -OCH3 is 1. The lowest BCUT2D eigenvalue weighted by molar-refractivity contribution is -0.384. The van der Waals surface area contributed by atoms with E-state index in [9.17, 15) is 24.1 Å². The lowest BCUT2D eigenvalue weighted by atomic mass is 10.1. The molecule has 6 rings (SSSR count). The van der Waals surface area contributed by atoms with Crippen LogP contribution in [-0.4, -0.2) is 34.4 Å². The lowest BCUT2D eigenvalue weighted by Crippen LogP contribution is -2.46. The molecule has 2 N–H and O–H groups in total. The number of hydrogen-bond donors (Lipinski definition) is 2. The number of halogens is 2. The third kappa shape index (κ3) is 6.50. The Labute approximate surface area is 266 Å². The molecule has 47 heavy (non-hydrogen) atoms. The highest BCUT2D eigenvalue weighted by Gasteiger charge is 2.51. The third-order valence-electron chi connectivity index (χ3n) is 7.63. The number of nitro groups is 1. The maximum absolute atomic E-state index is 15.3. The molecule has 4 aromatic carbocycles. The van der Waals surface area contributed by atoms with Crippen LogP contribution >= 0.6 is 0 Å². The van der Waals surface area contributed by atoms with Gasteiger partial charge in [0.2, 0.25) is 5.91 Å². The lowest BCUT2D eigenvalue weighted by Gasteiger charge is -2.18. The van der Waals surface area contributed by atoms with Crippen molar-refractivity contribution in [3.63, 3.8) is 0 Å². The molecule has 1 fully saturated rings. The molecule has 1 heterocycles. The molecular formula is C34H26F2N4O7. The Morgan fingerprint density at radius 2 is 1.60 bits per heavy atom. The topological polar surface area (TPSA) is 142 Å². The van der Waals surface area contributed by atoms with Crippen LogP contribution in [0.25, 0.3) is 10.9 Å². The maximum atomic E-state index is 15.3. The summed E-state index contributed by atoms with van der Waals surface area (Å²) in [4.78, 5) is 40.6. The van der Waals surface area contributed by atoms with Gasteiger partial charge in [-0.3, -0.25) is 24.7 Å². The average Bonchev–Trinajstić information content (AvgIpc) is 3.84. The molecule has 13 heteroatoms. The molecule has 238 valence electrons. The van der Waals surface area contributed by atoms with Crippen LogP contribution in [0.3, 0.4) is 0 Å². The largest absolute Gasteiger partial charge is 0.493 e. The van der Waals surface area contributed by atoms with Crippen LogP contribution in [0, 0.1) is 28.7 Å². The summed E-state index contributed by atoms with van der Waals surface area (Å²) >= 11 is 0. The Hall–Kier alpha value is -6.11. The molecule has 0 aliphatic heterocycles. The predicted octanol–water partition coefficient (Wildman–Crippen LogP) is 7.22. The van der Waals surface area contributed by atoms with Gasteiger partial charge in [0.05, 0.1) is 17.5 Å². The second-order valence-corrected chi connectivity index (χ2v) is 10.9. The van der Waals surface area contributed by atoms with Crippen LogP contribution in [0.5, 0.6) is 28.7 Å². The standard InChI is InChI=1S/C34H26F2N4O7/c1-19-15-23(40(43)44)8-10-27(19)46-31-17-24-26(18-30(31)45-2)37-14-11-28(24)47-29-9-7-22(16-25(29)36)38-33(42)34(12-13-34)39-32(41)20-3-5-21(35)6-4-20/h3-11,14-18H,12-13H2,1-2H3,(H,38,42)(H,39,41). The number of fused-ring (bicyclic) bond motifs is 1. The SMILES string of the molecule is COc1cc2nccc(Oc3ccc(NC(=O)C4(NC(=O)c5ccc(F)cc5)CC4)cc3F)c2cc1Oc1ccc([N+](=O)[O-])cc1C. The molecule has 0 atom stereocenters. The van der Waals surface area contributed by atoms with Crippen molar-refractivity contribution in [3.8, 4) is 28.7 Å². The second-order valence-electron chi connectivity index (χ2n) is 10.9. The van der Waals surface area contributed by atoms with E-state index >= 15 is 4.39 Å². The average molecular weight is 641 g/mol. The van der Waals surface area contributed by atoms with Crippen molar-refractivity contribution in [1.82, 2.24) is 10.3 Å². The number of amides is 2. The van der Waals surface area contributed by atoms with E-state index in [1.165, 1.54) is 55.8 Å². The quantitative estimate of drug-likeness (QED) is 0.120. The number of carbonyl (C=O) groups is 2. The number of anilines is 1. The van der Waals surface area contributed by atoms with Gasteiger partial charge in [-0.25, -0.2) is 8.78 Å². The molecule has 0 radical (unpaired) electrons. The van der Waals surface area contributed by atoms with Crippen LogP contribution in [0.1, 0.15) is 28.8 Å². The molecule has 5 aromatic rings. The smallest absolute Gasteiger partial charge is 0.269 e. The molecule has 0 unspecified atom stereocenters. The van der Waals surface area contributed by atoms with Gasteiger partial charge in [0.1, 0.15) is 22.9 Å². The molecule has 0 bridgehead atoms.